The lowest BCUT2D eigenvalue weighted by Crippen LogP contribution is -2.39. The van der Waals surface area contributed by atoms with Crippen LogP contribution in [0.15, 0.2) is 24.3 Å². The van der Waals surface area contributed by atoms with Crippen LogP contribution in [-0.2, 0) is 6.54 Å². The minimum absolute atomic E-state index is 0.811. The zero-order valence-corrected chi connectivity index (χ0v) is 11.9. The number of benzene rings is 1. The largest absolute Gasteiger partial charge is 0.317 e. The van der Waals surface area contributed by atoms with E-state index in [-0.39, 0.29) is 0 Å². The Morgan fingerprint density at radius 3 is 2.83 bits per heavy atom. The van der Waals surface area contributed by atoms with Gasteiger partial charge in [0.1, 0.15) is 0 Å². The van der Waals surface area contributed by atoms with Gasteiger partial charge in [0.25, 0.3) is 0 Å². The van der Waals surface area contributed by atoms with Crippen molar-refractivity contribution in [1.29, 1.82) is 0 Å². The second-order valence-electron chi connectivity index (χ2n) is 5.18. The minimum atomic E-state index is 0.811. The lowest BCUT2D eigenvalue weighted by atomic mass is 9.97. The molecule has 1 N–H and O–H groups in total. The van der Waals surface area contributed by atoms with Crippen LogP contribution in [-0.4, -0.2) is 31.1 Å². The predicted molar refractivity (Wildman–Crippen MR) is 78.0 cm³/mol. The van der Waals surface area contributed by atoms with Crippen LogP contribution < -0.4 is 5.32 Å². The number of piperidine rings is 1. The first-order chi connectivity index (χ1) is 8.78. The fourth-order valence-electron chi connectivity index (χ4n) is 2.66. The quantitative estimate of drug-likeness (QED) is 0.881. The molecule has 18 heavy (non-hydrogen) atoms. The monoisotopic (exact) mass is 266 g/mol. The van der Waals surface area contributed by atoms with Crippen molar-refractivity contribution in [3.05, 3.63) is 34.9 Å². The summed E-state index contributed by atoms with van der Waals surface area (Å²) in [7, 11) is 0. The van der Waals surface area contributed by atoms with Gasteiger partial charge in [-0.1, -0.05) is 30.7 Å². The Hall–Kier alpha value is -0.570. The third-order valence-electron chi connectivity index (χ3n) is 3.61. The average Bonchev–Trinajstić information content (AvgIpc) is 2.40. The van der Waals surface area contributed by atoms with Crippen LogP contribution in [0.4, 0.5) is 0 Å². The predicted octanol–water partition coefficient (Wildman–Crippen LogP) is 3.16. The van der Waals surface area contributed by atoms with Crippen LogP contribution in [0.2, 0.25) is 5.02 Å². The second-order valence-corrected chi connectivity index (χ2v) is 5.61. The van der Waals surface area contributed by atoms with Gasteiger partial charge in [0.05, 0.1) is 0 Å². The molecule has 100 valence electrons. The molecule has 2 rings (SSSR count). The Morgan fingerprint density at radius 1 is 1.33 bits per heavy atom. The summed E-state index contributed by atoms with van der Waals surface area (Å²) in [5.74, 6) is 0.811. The summed E-state index contributed by atoms with van der Waals surface area (Å²) in [5.41, 5.74) is 1.36. The van der Waals surface area contributed by atoms with Crippen LogP contribution >= 0.6 is 11.6 Å². The Morgan fingerprint density at radius 2 is 2.11 bits per heavy atom. The fraction of sp³-hybridized carbons (Fsp3) is 0.600. The molecule has 0 spiro atoms. The van der Waals surface area contributed by atoms with Gasteiger partial charge in [-0.3, -0.25) is 4.90 Å². The molecule has 1 fully saturated rings. The van der Waals surface area contributed by atoms with Gasteiger partial charge in [0.2, 0.25) is 0 Å². The van der Waals surface area contributed by atoms with Gasteiger partial charge in [-0.25, -0.2) is 0 Å². The van der Waals surface area contributed by atoms with Gasteiger partial charge in [0.15, 0.2) is 0 Å². The molecule has 1 aliphatic rings. The van der Waals surface area contributed by atoms with Crippen LogP contribution in [0.3, 0.4) is 0 Å². The maximum absolute atomic E-state index is 5.91. The van der Waals surface area contributed by atoms with E-state index in [0.29, 0.717) is 0 Å². The summed E-state index contributed by atoms with van der Waals surface area (Å²) in [4.78, 5) is 2.56. The van der Waals surface area contributed by atoms with E-state index in [4.69, 9.17) is 11.6 Å². The number of likely N-dealkylation sites (tertiary alicyclic amines) is 1. The summed E-state index contributed by atoms with van der Waals surface area (Å²) in [5, 5.41) is 4.29. The molecular formula is C15H23ClN2. The van der Waals surface area contributed by atoms with Crippen molar-refractivity contribution in [2.75, 3.05) is 26.2 Å². The maximum atomic E-state index is 5.91. The highest BCUT2D eigenvalue weighted by atomic mass is 35.5. The van der Waals surface area contributed by atoms with Crippen LogP contribution in [0, 0.1) is 5.92 Å². The Balaban J connectivity index is 1.83. The van der Waals surface area contributed by atoms with Crippen molar-refractivity contribution in [1.82, 2.24) is 10.2 Å². The van der Waals surface area contributed by atoms with E-state index in [9.17, 15) is 0 Å². The molecule has 0 aromatic heterocycles. The van der Waals surface area contributed by atoms with Gasteiger partial charge in [-0.05, 0) is 56.1 Å². The van der Waals surface area contributed by atoms with Crippen molar-refractivity contribution in [2.45, 2.75) is 26.3 Å². The van der Waals surface area contributed by atoms with Gasteiger partial charge in [-0.2, -0.15) is 0 Å². The molecule has 1 unspecified atom stereocenters. The Bertz CT molecular complexity index is 350. The molecule has 1 saturated heterocycles. The van der Waals surface area contributed by atoms with Crippen LogP contribution in [0.5, 0.6) is 0 Å². The molecule has 0 amide bonds. The number of nitrogens with one attached hydrogen (secondary N) is 1. The van der Waals surface area contributed by atoms with E-state index in [2.05, 4.69) is 29.3 Å². The van der Waals surface area contributed by atoms with E-state index >= 15 is 0 Å². The van der Waals surface area contributed by atoms with E-state index in [1.165, 1.54) is 31.5 Å². The zero-order valence-electron chi connectivity index (χ0n) is 11.2. The summed E-state index contributed by atoms with van der Waals surface area (Å²) >= 11 is 5.91. The highest BCUT2D eigenvalue weighted by Gasteiger charge is 2.19. The van der Waals surface area contributed by atoms with Crippen molar-refractivity contribution in [3.63, 3.8) is 0 Å². The average molecular weight is 267 g/mol. The molecule has 3 heteroatoms. The Kier molecular flexibility index (Phi) is 5.48. The number of halogens is 1. The SMILES string of the molecule is CCNCC1CCCN(Cc2ccc(Cl)cc2)C1. The highest BCUT2D eigenvalue weighted by molar-refractivity contribution is 6.30. The lowest BCUT2D eigenvalue weighted by molar-refractivity contribution is 0.166. The molecular weight excluding hydrogens is 244 g/mol. The molecule has 1 aromatic rings. The number of hydrogen-bond acceptors (Lipinski definition) is 2. The first-order valence-electron chi connectivity index (χ1n) is 6.95. The van der Waals surface area contributed by atoms with Crippen molar-refractivity contribution < 1.29 is 0 Å². The third-order valence-corrected chi connectivity index (χ3v) is 3.86. The summed E-state index contributed by atoms with van der Waals surface area (Å²) < 4.78 is 0. The molecule has 1 aromatic carbocycles. The lowest BCUT2D eigenvalue weighted by Gasteiger charge is -2.32. The molecule has 1 aliphatic heterocycles. The van der Waals surface area contributed by atoms with Gasteiger partial charge in [0, 0.05) is 18.1 Å². The molecule has 0 saturated carbocycles. The zero-order chi connectivity index (χ0) is 12.8. The second kappa shape index (κ2) is 7.13. The third kappa shape index (κ3) is 4.27. The molecule has 0 bridgehead atoms. The van der Waals surface area contributed by atoms with Gasteiger partial charge in [-0.15, -0.1) is 0 Å². The molecule has 0 aliphatic carbocycles. The van der Waals surface area contributed by atoms with E-state index in [1.807, 2.05) is 12.1 Å². The standard InChI is InChI=1S/C15H23ClN2/c1-2-17-10-14-4-3-9-18(12-14)11-13-5-7-15(16)8-6-13/h5-8,14,17H,2-4,9-12H2,1H3. The first-order valence-corrected chi connectivity index (χ1v) is 7.33. The van der Waals surface area contributed by atoms with Gasteiger partial charge >= 0.3 is 0 Å². The smallest absolute Gasteiger partial charge is 0.0406 e. The van der Waals surface area contributed by atoms with E-state index in [0.717, 1.165) is 30.6 Å². The summed E-state index contributed by atoms with van der Waals surface area (Å²) in [6, 6.07) is 8.24. The van der Waals surface area contributed by atoms with Crippen molar-refractivity contribution in [2.24, 2.45) is 5.92 Å². The number of rotatable bonds is 5. The topological polar surface area (TPSA) is 15.3 Å². The first kappa shape index (κ1) is 13.9. The molecule has 0 radical (unpaired) electrons. The van der Waals surface area contributed by atoms with Crippen LogP contribution in [0.1, 0.15) is 25.3 Å². The Labute approximate surface area is 115 Å². The number of hydrogen-bond donors (Lipinski definition) is 1. The van der Waals surface area contributed by atoms with E-state index < -0.39 is 0 Å². The van der Waals surface area contributed by atoms with Crippen molar-refractivity contribution >= 4 is 11.6 Å². The fourth-order valence-corrected chi connectivity index (χ4v) is 2.78. The highest BCUT2D eigenvalue weighted by Crippen LogP contribution is 2.19. The summed E-state index contributed by atoms with van der Waals surface area (Å²) in [6.45, 7) is 7.91. The minimum Gasteiger partial charge on any atom is -0.317 e. The summed E-state index contributed by atoms with van der Waals surface area (Å²) in [6.07, 6.45) is 2.69. The van der Waals surface area contributed by atoms with E-state index in [1.54, 1.807) is 0 Å². The normalized spacial score (nSPS) is 21.1. The maximum Gasteiger partial charge on any atom is 0.0406 e. The van der Waals surface area contributed by atoms with Gasteiger partial charge < -0.3 is 5.32 Å². The van der Waals surface area contributed by atoms with Crippen molar-refractivity contribution in [3.8, 4) is 0 Å². The number of nitrogens with zero attached hydrogens (tertiary/aromatic N) is 1. The van der Waals surface area contributed by atoms with Crippen LogP contribution in [0.25, 0.3) is 0 Å². The molecule has 1 atom stereocenters. The molecule has 1 heterocycles. The molecule has 2 nitrogen and oxygen atoms in total.